The molecule has 0 saturated carbocycles. The van der Waals surface area contributed by atoms with Crippen LogP contribution < -0.4 is 5.32 Å². The number of nitrogens with one attached hydrogen (secondary N) is 1. The Kier molecular flexibility index (Phi) is 7.49. The first-order valence-corrected chi connectivity index (χ1v) is 14.2. The lowest BCUT2D eigenvalue weighted by Crippen LogP contribution is -2.45. The molecule has 1 amide bonds. The normalized spacial score (nSPS) is 17.4. The van der Waals surface area contributed by atoms with E-state index in [0.717, 1.165) is 23.3 Å². The van der Waals surface area contributed by atoms with E-state index in [2.05, 4.69) is 17.9 Å². The van der Waals surface area contributed by atoms with Crippen LogP contribution in [0.25, 0.3) is 11.0 Å². The van der Waals surface area contributed by atoms with Gasteiger partial charge in [-0.05, 0) is 47.7 Å². The van der Waals surface area contributed by atoms with E-state index in [1.807, 2.05) is 6.07 Å². The Hall–Kier alpha value is -3.28. The van der Waals surface area contributed by atoms with Crippen LogP contribution in [0, 0.1) is 0 Å². The molecule has 11 heteroatoms. The molecule has 0 aliphatic carbocycles. The van der Waals surface area contributed by atoms with E-state index in [1.54, 1.807) is 42.5 Å². The minimum atomic E-state index is -4.41. The second-order valence-electron chi connectivity index (χ2n) is 9.36. The molecule has 5 rings (SSSR count). The van der Waals surface area contributed by atoms with E-state index >= 15 is 0 Å². The minimum absolute atomic E-state index is 0.148. The number of amides is 1. The highest BCUT2D eigenvalue weighted by Crippen LogP contribution is 2.34. The lowest BCUT2D eigenvalue weighted by molar-refractivity contribution is -0.137. The van der Waals surface area contributed by atoms with Crippen molar-refractivity contribution in [2.45, 2.75) is 41.9 Å². The first-order chi connectivity index (χ1) is 18.5. The summed E-state index contributed by atoms with van der Waals surface area (Å²) in [7, 11) is -4.01. The van der Waals surface area contributed by atoms with E-state index in [-0.39, 0.29) is 18.2 Å². The van der Waals surface area contributed by atoms with Gasteiger partial charge in [-0.2, -0.15) is 30.1 Å². The Labute approximate surface area is 229 Å². The number of halogens is 3. The second kappa shape index (κ2) is 10.7. The maximum Gasteiger partial charge on any atom is 0.416 e. The maximum absolute atomic E-state index is 13.3. The Morgan fingerprint density at radius 3 is 2.49 bits per heavy atom. The van der Waals surface area contributed by atoms with E-state index < -0.39 is 39.0 Å². The molecule has 2 atom stereocenters. The van der Waals surface area contributed by atoms with Crippen LogP contribution in [0.5, 0.6) is 0 Å². The SMILES string of the molecule is O=C(NCc1cccc(C(S)c2ccc(C(F)(F)F)cc2)c1)[C@@H]1CCCN1S(=O)(=O)c1cc2ccccc2o1. The first-order valence-electron chi connectivity index (χ1n) is 12.3. The average molecular weight is 575 g/mol. The van der Waals surface area contributed by atoms with Crippen molar-refractivity contribution < 1.29 is 30.8 Å². The smallest absolute Gasteiger partial charge is 0.416 e. The van der Waals surface area contributed by atoms with Gasteiger partial charge in [-0.3, -0.25) is 4.79 Å². The number of sulfonamides is 1. The topological polar surface area (TPSA) is 79.6 Å². The molecule has 1 N–H and O–H groups in total. The van der Waals surface area contributed by atoms with Gasteiger partial charge in [-0.15, -0.1) is 0 Å². The molecular weight excluding hydrogens is 549 g/mol. The number of fused-ring (bicyclic) bond motifs is 1. The fourth-order valence-corrected chi connectivity index (χ4v) is 6.66. The maximum atomic E-state index is 13.3. The number of furan rings is 1. The summed E-state index contributed by atoms with van der Waals surface area (Å²) in [5.41, 5.74) is 1.82. The predicted molar refractivity (Wildman–Crippen MR) is 144 cm³/mol. The lowest BCUT2D eigenvalue weighted by Gasteiger charge is -2.22. The Balaban J connectivity index is 1.26. The minimum Gasteiger partial charge on any atom is -0.443 e. The van der Waals surface area contributed by atoms with E-state index in [1.165, 1.54) is 22.5 Å². The van der Waals surface area contributed by atoms with Gasteiger partial charge in [-0.25, -0.2) is 8.42 Å². The largest absolute Gasteiger partial charge is 0.443 e. The predicted octanol–water partition coefficient (Wildman–Crippen LogP) is 5.94. The van der Waals surface area contributed by atoms with Crippen LogP contribution >= 0.6 is 12.6 Å². The average Bonchev–Trinajstić information content (AvgIpc) is 3.60. The van der Waals surface area contributed by atoms with Crippen molar-refractivity contribution in [1.82, 2.24) is 9.62 Å². The molecule has 0 bridgehead atoms. The number of carbonyl (C=O) groups excluding carboxylic acids is 1. The summed E-state index contributed by atoms with van der Waals surface area (Å²) in [5, 5.41) is 2.82. The van der Waals surface area contributed by atoms with Crippen molar-refractivity contribution in [3.05, 3.63) is 101 Å². The molecule has 1 aliphatic heterocycles. The third kappa shape index (κ3) is 5.70. The molecule has 204 valence electrons. The molecule has 2 heterocycles. The molecule has 1 saturated heterocycles. The van der Waals surface area contributed by atoms with Crippen LogP contribution in [0.2, 0.25) is 0 Å². The third-order valence-corrected chi connectivity index (χ3v) is 9.12. The van der Waals surface area contributed by atoms with E-state index in [9.17, 15) is 26.4 Å². The fourth-order valence-electron chi connectivity index (χ4n) is 4.72. The van der Waals surface area contributed by atoms with Gasteiger partial charge < -0.3 is 9.73 Å². The molecule has 1 fully saturated rings. The number of carbonyl (C=O) groups is 1. The quantitative estimate of drug-likeness (QED) is 0.268. The summed E-state index contributed by atoms with van der Waals surface area (Å²) in [6.45, 7) is 0.358. The van der Waals surface area contributed by atoms with E-state index in [4.69, 9.17) is 4.42 Å². The third-order valence-electron chi connectivity index (χ3n) is 6.76. The number of nitrogens with zero attached hydrogens (tertiary/aromatic N) is 1. The van der Waals surface area contributed by atoms with Gasteiger partial charge in [0.15, 0.2) is 0 Å². The van der Waals surface area contributed by atoms with Crippen molar-refractivity contribution >= 4 is 39.5 Å². The number of thiol groups is 1. The Morgan fingerprint density at radius 2 is 1.77 bits per heavy atom. The zero-order valence-corrected chi connectivity index (χ0v) is 22.3. The summed E-state index contributed by atoms with van der Waals surface area (Å²) in [5.74, 6) is -0.414. The highest BCUT2D eigenvalue weighted by molar-refractivity contribution is 7.89. The number of rotatable bonds is 7. The van der Waals surface area contributed by atoms with Gasteiger partial charge in [0, 0.05) is 24.5 Å². The first kappa shape index (κ1) is 27.3. The van der Waals surface area contributed by atoms with Gasteiger partial charge in [0.2, 0.25) is 11.0 Å². The van der Waals surface area contributed by atoms with Gasteiger partial charge in [0.05, 0.1) is 10.8 Å². The molecule has 39 heavy (non-hydrogen) atoms. The molecule has 1 unspecified atom stereocenters. The zero-order valence-electron chi connectivity index (χ0n) is 20.6. The zero-order chi connectivity index (χ0) is 27.8. The van der Waals surface area contributed by atoms with Gasteiger partial charge in [0.25, 0.3) is 10.0 Å². The summed E-state index contributed by atoms with van der Waals surface area (Å²) in [4.78, 5) is 13.1. The van der Waals surface area contributed by atoms with Crippen molar-refractivity contribution in [1.29, 1.82) is 0 Å². The molecular formula is C28H25F3N2O4S2. The standard InChI is InChI=1S/C28H25F3N2O4S2/c29-28(30,31)22-12-10-19(11-13-22)26(38)21-7-3-5-18(15-21)17-32-27(34)23-8-4-14-33(23)39(35,36)25-16-20-6-1-2-9-24(20)37-25/h1-3,5-7,9-13,15-16,23,26,38H,4,8,14,17H2,(H,32,34)/t23-,26?/m0/s1. The van der Waals surface area contributed by atoms with Crippen molar-refractivity contribution in [3.63, 3.8) is 0 Å². The van der Waals surface area contributed by atoms with Crippen LogP contribution in [-0.2, 0) is 27.5 Å². The fraction of sp³-hybridized carbons (Fsp3) is 0.250. The van der Waals surface area contributed by atoms with Crippen LogP contribution in [0.1, 0.15) is 40.3 Å². The Morgan fingerprint density at radius 1 is 1.03 bits per heavy atom. The number of alkyl halides is 3. The van der Waals surface area contributed by atoms with Crippen molar-refractivity contribution in [3.8, 4) is 0 Å². The molecule has 0 radical (unpaired) electrons. The second-order valence-corrected chi connectivity index (χ2v) is 11.7. The molecule has 6 nitrogen and oxygen atoms in total. The van der Waals surface area contributed by atoms with Gasteiger partial charge in [-0.1, -0.05) is 54.6 Å². The van der Waals surface area contributed by atoms with E-state index in [0.29, 0.717) is 29.4 Å². The lowest BCUT2D eigenvalue weighted by atomic mass is 10.0. The number of hydrogen-bond acceptors (Lipinski definition) is 5. The summed E-state index contributed by atoms with van der Waals surface area (Å²) in [6.07, 6.45) is -3.48. The number of para-hydroxylation sites is 1. The molecule has 3 aromatic carbocycles. The van der Waals surface area contributed by atoms with Crippen LogP contribution in [0.3, 0.4) is 0 Å². The van der Waals surface area contributed by atoms with Crippen LogP contribution in [-0.4, -0.2) is 31.2 Å². The van der Waals surface area contributed by atoms with Crippen molar-refractivity contribution in [2.24, 2.45) is 0 Å². The monoisotopic (exact) mass is 574 g/mol. The van der Waals surface area contributed by atoms with Crippen LogP contribution in [0.15, 0.2) is 88.4 Å². The highest BCUT2D eigenvalue weighted by Gasteiger charge is 2.41. The molecule has 4 aromatic rings. The Bertz CT molecular complexity index is 1570. The summed E-state index contributed by atoms with van der Waals surface area (Å²) in [6, 6.07) is 19.6. The van der Waals surface area contributed by atoms with Gasteiger partial charge in [0.1, 0.15) is 11.6 Å². The van der Waals surface area contributed by atoms with Crippen molar-refractivity contribution in [2.75, 3.05) is 6.54 Å². The summed E-state index contributed by atoms with van der Waals surface area (Å²) >= 11 is 4.59. The molecule has 1 aliphatic rings. The summed E-state index contributed by atoms with van der Waals surface area (Å²) < 4.78 is 72.0. The van der Waals surface area contributed by atoms with Gasteiger partial charge >= 0.3 is 6.18 Å². The molecule has 1 aromatic heterocycles. The number of benzene rings is 3. The number of hydrogen-bond donors (Lipinski definition) is 2. The van der Waals surface area contributed by atoms with Crippen LogP contribution in [0.4, 0.5) is 13.2 Å². The molecule has 0 spiro atoms. The highest BCUT2D eigenvalue weighted by atomic mass is 32.2.